The van der Waals surface area contributed by atoms with Crippen LogP contribution in [0.2, 0.25) is 0 Å². The Balaban J connectivity index is 2.44. The zero-order valence-electron chi connectivity index (χ0n) is 12.0. The van der Waals surface area contributed by atoms with Crippen LogP contribution in [-0.2, 0) is 9.53 Å². The van der Waals surface area contributed by atoms with Gasteiger partial charge in [-0.1, -0.05) is 6.92 Å². The lowest BCUT2D eigenvalue weighted by Crippen LogP contribution is -2.39. The Morgan fingerprint density at radius 1 is 1.14 bits per heavy atom. The van der Waals surface area contributed by atoms with Gasteiger partial charge in [0.25, 0.3) is 5.91 Å². The lowest BCUT2D eigenvalue weighted by Gasteiger charge is -2.07. The normalized spacial score (nSPS) is 9.62. The Kier molecular flexibility index (Phi) is 6.73. The number of nitrogens with one attached hydrogen (secondary N) is 2. The zero-order chi connectivity index (χ0) is 15.7. The average molecular weight is 294 g/mol. The monoisotopic (exact) mass is 294 g/mol. The molecule has 0 saturated heterocycles. The van der Waals surface area contributed by atoms with Gasteiger partial charge in [0.05, 0.1) is 12.2 Å². The fourth-order valence-corrected chi connectivity index (χ4v) is 1.35. The molecular weight excluding hydrogens is 276 g/mol. The van der Waals surface area contributed by atoms with E-state index in [4.69, 9.17) is 9.47 Å². The van der Waals surface area contributed by atoms with E-state index in [0.717, 1.165) is 6.42 Å². The molecule has 1 rings (SSSR count). The molecule has 0 aliphatic heterocycles. The van der Waals surface area contributed by atoms with E-state index in [1.165, 1.54) is 7.05 Å². The van der Waals surface area contributed by atoms with E-state index >= 15 is 0 Å². The summed E-state index contributed by atoms with van der Waals surface area (Å²) in [4.78, 5) is 33.8. The number of carbonyl (C=O) groups is 3. The lowest BCUT2D eigenvalue weighted by atomic mass is 10.2. The van der Waals surface area contributed by atoms with Gasteiger partial charge in [-0.05, 0) is 30.7 Å². The summed E-state index contributed by atoms with van der Waals surface area (Å²) in [7, 11) is 1.37. The number of carbonyl (C=O) groups excluding carboxylic acids is 3. The van der Waals surface area contributed by atoms with Crippen LogP contribution in [0, 0.1) is 0 Å². The Morgan fingerprint density at radius 3 is 2.38 bits per heavy atom. The van der Waals surface area contributed by atoms with Crippen molar-refractivity contribution in [2.45, 2.75) is 13.3 Å². The molecule has 1 aromatic rings. The Bertz CT molecular complexity index is 499. The largest absolute Gasteiger partial charge is 0.494 e. The molecule has 0 spiro atoms. The van der Waals surface area contributed by atoms with Gasteiger partial charge in [0.15, 0.2) is 6.61 Å². The Hall–Kier alpha value is -2.57. The molecule has 2 N–H and O–H groups in total. The molecule has 0 unspecified atom stereocenters. The summed E-state index contributed by atoms with van der Waals surface area (Å²) in [5.74, 6) is -0.694. The third-order valence-electron chi connectivity index (χ3n) is 2.38. The Labute approximate surface area is 122 Å². The first-order valence-corrected chi connectivity index (χ1v) is 6.48. The van der Waals surface area contributed by atoms with Gasteiger partial charge in [0.2, 0.25) is 0 Å². The standard InChI is InChI=1S/C14H18N2O5/c1-3-8-20-11-6-4-10(5-7-11)13(18)21-9-12(17)16-14(19)15-2/h4-7H,3,8-9H2,1-2H3,(H2,15,16,17,19). The molecule has 0 aliphatic carbocycles. The minimum Gasteiger partial charge on any atom is -0.494 e. The fraction of sp³-hybridized carbons (Fsp3) is 0.357. The van der Waals surface area contributed by atoms with E-state index in [2.05, 4.69) is 5.32 Å². The van der Waals surface area contributed by atoms with Crippen LogP contribution in [0.25, 0.3) is 0 Å². The highest BCUT2D eigenvalue weighted by Crippen LogP contribution is 2.13. The molecule has 0 atom stereocenters. The maximum absolute atomic E-state index is 11.7. The molecule has 7 nitrogen and oxygen atoms in total. The minimum atomic E-state index is -0.703. The number of ether oxygens (including phenoxy) is 2. The number of hydrogen-bond donors (Lipinski definition) is 2. The number of esters is 1. The van der Waals surface area contributed by atoms with E-state index in [-0.39, 0.29) is 0 Å². The molecular formula is C14H18N2O5. The Morgan fingerprint density at radius 2 is 1.81 bits per heavy atom. The second-order valence-electron chi connectivity index (χ2n) is 4.08. The fourth-order valence-electron chi connectivity index (χ4n) is 1.35. The predicted octanol–water partition coefficient (Wildman–Crippen LogP) is 1.09. The predicted molar refractivity (Wildman–Crippen MR) is 75.1 cm³/mol. The van der Waals surface area contributed by atoms with Gasteiger partial charge < -0.3 is 14.8 Å². The van der Waals surface area contributed by atoms with Crippen molar-refractivity contribution in [1.82, 2.24) is 10.6 Å². The van der Waals surface area contributed by atoms with E-state index in [1.807, 2.05) is 12.2 Å². The van der Waals surface area contributed by atoms with E-state index < -0.39 is 24.5 Å². The molecule has 0 fully saturated rings. The maximum Gasteiger partial charge on any atom is 0.338 e. The number of urea groups is 1. The van der Waals surface area contributed by atoms with Gasteiger partial charge in [-0.15, -0.1) is 0 Å². The zero-order valence-corrected chi connectivity index (χ0v) is 12.0. The molecule has 1 aromatic carbocycles. The minimum absolute atomic E-state index is 0.298. The summed E-state index contributed by atoms with van der Waals surface area (Å²) in [5, 5.41) is 4.20. The van der Waals surface area contributed by atoms with Crippen molar-refractivity contribution in [1.29, 1.82) is 0 Å². The van der Waals surface area contributed by atoms with Crippen molar-refractivity contribution in [2.24, 2.45) is 0 Å². The van der Waals surface area contributed by atoms with Crippen LogP contribution in [-0.4, -0.2) is 38.2 Å². The van der Waals surface area contributed by atoms with Crippen LogP contribution in [0.1, 0.15) is 23.7 Å². The van der Waals surface area contributed by atoms with Crippen LogP contribution >= 0.6 is 0 Å². The summed E-state index contributed by atoms with van der Waals surface area (Å²) >= 11 is 0. The first-order valence-electron chi connectivity index (χ1n) is 6.48. The summed E-state index contributed by atoms with van der Waals surface area (Å²) in [6.07, 6.45) is 0.893. The van der Waals surface area contributed by atoms with Crippen LogP contribution < -0.4 is 15.4 Å². The highest BCUT2D eigenvalue weighted by atomic mass is 16.5. The van der Waals surface area contributed by atoms with Crippen molar-refractivity contribution >= 4 is 17.9 Å². The molecule has 0 bridgehead atoms. The third-order valence-corrected chi connectivity index (χ3v) is 2.38. The molecule has 0 heterocycles. The van der Waals surface area contributed by atoms with Crippen molar-refractivity contribution in [3.8, 4) is 5.75 Å². The van der Waals surface area contributed by atoms with Crippen molar-refractivity contribution in [2.75, 3.05) is 20.3 Å². The van der Waals surface area contributed by atoms with Crippen LogP contribution in [0.4, 0.5) is 4.79 Å². The number of amides is 3. The van der Waals surface area contributed by atoms with Gasteiger partial charge in [0.1, 0.15) is 5.75 Å². The van der Waals surface area contributed by atoms with Crippen molar-refractivity contribution < 1.29 is 23.9 Å². The van der Waals surface area contributed by atoms with Gasteiger partial charge in [0, 0.05) is 7.05 Å². The number of hydrogen-bond acceptors (Lipinski definition) is 5. The topological polar surface area (TPSA) is 93.7 Å². The number of imide groups is 1. The summed E-state index contributed by atoms with van der Waals surface area (Å²) < 4.78 is 10.2. The SMILES string of the molecule is CCCOc1ccc(C(=O)OCC(=O)NC(=O)NC)cc1. The first kappa shape index (κ1) is 16.5. The average Bonchev–Trinajstić information content (AvgIpc) is 2.50. The third kappa shape index (κ3) is 5.94. The summed E-state index contributed by atoms with van der Waals surface area (Å²) in [5.41, 5.74) is 0.298. The highest BCUT2D eigenvalue weighted by molar-refractivity contribution is 5.96. The quantitative estimate of drug-likeness (QED) is 0.766. The molecule has 0 aromatic heterocycles. The number of rotatable bonds is 6. The molecule has 0 saturated carbocycles. The lowest BCUT2D eigenvalue weighted by molar-refractivity contribution is -0.123. The maximum atomic E-state index is 11.7. The second kappa shape index (κ2) is 8.57. The molecule has 0 radical (unpaired) electrons. The highest BCUT2D eigenvalue weighted by Gasteiger charge is 2.11. The molecule has 3 amide bonds. The molecule has 7 heteroatoms. The van der Waals surface area contributed by atoms with Crippen LogP contribution in [0.3, 0.4) is 0 Å². The smallest absolute Gasteiger partial charge is 0.338 e. The second-order valence-corrected chi connectivity index (χ2v) is 4.08. The van der Waals surface area contributed by atoms with Crippen molar-refractivity contribution in [3.05, 3.63) is 29.8 Å². The molecule has 21 heavy (non-hydrogen) atoms. The van der Waals surface area contributed by atoms with Gasteiger partial charge in [-0.25, -0.2) is 9.59 Å². The molecule has 0 aliphatic rings. The summed E-state index contributed by atoms with van der Waals surface area (Å²) in [6.45, 7) is 2.07. The van der Waals surface area contributed by atoms with Gasteiger partial charge >= 0.3 is 12.0 Å². The van der Waals surface area contributed by atoms with Crippen molar-refractivity contribution in [3.63, 3.8) is 0 Å². The van der Waals surface area contributed by atoms with Gasteiger partial charge in [-0.2, -0.15) is 0 Å². The van der Waals surface area contributed by atoms with E-state index in [1.54, 1.807) is 24.3 Å². The van der Waals surface area contributed by atoms with Gasteiger partial charge in [-0.3, -0.25) is 10.1 Å². The molecule has 114 valence electrons. The van der Waals surface area contributed by atoms with E-state index in [9.17, 15) is 14.4 Å². The van der Waals surface area contributed by atoms with Crippen LogP contribution in [0.5, 0.6) is 5.75 Å². The first-order chi connectivity index (χ1) is 10.1. The number of benzene rings is 1. The van der Waals surface area contributed by atoms with E-state index in [0.29, 0.717) is 17.9 Å². The summed E-state index contributed by atoms with van der Waals surface area (Å²) in [6, 6.07) is 5.73. The van der Waals surface area contributed by atoms with Crippen LogP contribution in [0.15, 0.2) is 24.3 Å².